The van der Waals surface area contributed by atoms with Crippen LogP contribution in [-0.2, 0) is 16.0 Å². The summed E-state index contributed by atoms with van der Waals surface area (Å²) in [6.45, 7) is 1.46. The fourth-order valence-electron chi connectivity index (χ4n) is 2.66. The predicted molar refractivity (Wildman–Crippen MR) is 98.6 cm³/mol. The van der Waals surface area contributed by atoms with Crippen LogP contribution in [0.1, 0.15) is 18.9 Å². The smallest absolute Gasteiger partial charge is 0.273 e. The molecule has 7 nitrogen and oxygen atoms in total. The molecule has 29 heavy (non-hydrogen) atoms. The topological polar surface area (TPSA) is 92.6 Å². The van der Waals surface area contributed by atoms with Crippen LogP contribution in [0.2, 0.25) is 0 Å². The van der Waals surface area contributed by atoms with E-state index in [0.717, 1.165) is 11.0 Å². The van der Waals surface area contributed by atoms with Crippen LogP contribution in [0.3, 0.4) is 0 Å². The van der Waals surface area contributed by atoms with Gasteiger partial charge < -0.3 is 10.2 Å². The summed E-state index contributed by atoms with van der Waals surface area (Å²) in [6.07, 6.45) is 0.194. The molecule has 0 aliphatic rings. The van der Waals surface area contributed by atoms with Crippen LogP contribution in [0.15, 0.2) is 36.4 Å². The van der Waals surface area contributed by atoms with Crippen molar-refractivity contribution in [1.29, 1.82) is 0 Å². The van der Waals surface area contributed by atoms with Gasteiger partial charge in [-0.05, 0) is 18.6 Å². The number of nitrogens with one attached hydrogen (secondary N) is 1. The fraction of sp³-hybridized carbons (Fsp3) is 0.263. The Balaban J connectivity index is 2.11. The second kappa shape index (κ2) is 9.67. The van der Waals surface area contributed by atoms with Crippen molar-refractivity contribution in [3.63, 3.8) is 0 Å². The number of amides is 2. The van der Waals surface area contributed by atoms with Crippen LogP contribution in [0.5, 0.6) is 0 Å². The molecule has 2 aromatic rings. The lowest BCUT2D eigenvalue weighted by Gasteiger charge is -2.22. The number of rotatable bonds is 8. The van der Waals surface area contributed by atoms with Gasteiger partial charge in [0.1, 0.15) is 0 Å². The number of benzene rings is 2. The van der Waals surface area contributed by atoms with Gasteiger partial charge in [0.2, 0.25) is 11.8 Å². The van der Waals surface area contributed by atoms with Crippen molar-refractivity contribution in [2.75, 3.05) is 18.4 Å². The first-order valence-corrected chi connectivity index (χ1v) is 8.68. The number of hydrogen-bond donors (Lipinski definition) is 1. The summed E-state index contributed by atoms with van der Waals surface area (Å²) < 4.78 is 40.0. The molecule has 0 saturated carbocycles. The van der Waals surface area contributed by atoms with Crippen molar-refractivity contribution in [1.82, 2.24) is 4.90 Å². The summed E-state index contributed by atoms with van der Waals surface area (Å²) in [5.41, 5.74) is -0.585. The molecule has 0 heterocycles. The van der Waals surface area contributed by atoms with E-state index in [1.54, 1.807) is 13.0 Å². The maximum atomic E-state index is 13.7. The van der Waals surface area contributed by atoms with E-state index in [0.29, 0.717) is 12.5 Å². The molecule has 2 rings (SSSR count). The zero-order valence-corrected chi connectivity index (χ0v) is 15.5. The van der Waals surface area contributed by atoms with Gasteiger partial charge in [-0.3, -0.25) is 19.7 Å². The quantitative estimate of drug-likeness (QED) is 0.411. The average molecular weight is 409 g/mol. The van der Waals surface area contributed by atoms with E-state index in [2.05, 4.69) is 5.32 Å². The van der Waals surface area contributed by atoms with E-state index >= 15 is 0 Å². The fourth-order valence-corrected chi connectivity index (χ4v) is 2.66. The lowest BCUT2D eigenvalue weighted by molar-refractivity contribution is -0.385. The molecule has 154 valence electrons. The van der Waals surface area contributed by atoms with Gasteiger partial charge in [0.15, 0.2) is 17.5 Å². The van der Waals surface area contributed by atoms with Gasteiger partial charge in [-0.15, -0.1) is 0 Å². The molecule has 0 bridgehead atoms. The molecule has 2 aromatic carbocycles. The number of nitro groups is 1. The Labute approximate surface area is 164 Å². The summed E-state index contributed by atoms with van der Waals surface area (Å²) >= 11 is 0. The minimum Gasteiger partial charge on any atom is -0.333 e. The maximum absolute atomic E-state index is 13.7. The number of para-hydroxylation sites is 1. The monoisotopic (exact) mass is 409 g/mol. The molecular formula is C19H18F3N3O4. The van der Waals surface area contributed by atoms with Gasteiger partial charge in [-0.25, -0.2) is 13.2 Å². The third-order valence-electron chi connectivity index (χ3n) is 4.02. The second-order valence-electron chi connectivity index (χ2n) is 6.15. The van der Waals surface area contributed by atoms with E-state index in [1.807, 2.05) is 0 Å². The first-order chi connectivity index (χ1) is 13.7. The highest BCUT2D eigenvalue weighted by molar-refractivity contribution is 5.95. The molecule has 0 aliphatic carbocycles. The Morgan fingerprint density at radius 2 is 1.79 bits per heavy atom. The first kappa shape index (κ1) is 21.9. The average Bonchev–Trinajstić information content (AvgIpc) is 2.68. The predicted octanol–water partition coefficient (Wildman–Crippen LogP) is 3.43. The summed E-state index contributed by atoms with van der Waals surface area (Å²) in [5, 5.41) is 13.2. The molecule has 1 N–H and O–H groups in total. The standard InChI is InChI=1S/C19H18F3N3O4/c1-2-9-24(17(27)10-12-5-3-4-6-15(12)25(28)29)11-16(26)23-14-8-7-13(20)18(21)19(14)22/h3-8H,2,9-11H2,1H3,(H,23,26). The number of hydrogen-bond acceptors (Lipinski definition) is 4. The van der Waals surface area contributed by atoms with Crippen molar-refractivity contribution in [3.05, 3.63) is 69.5 Å². The maximum Gasteiger partial charge on any atom is 0.273 e. The van der Waals surface area contributed by atoms with Gasteiger partial charge in [0.05, 0.1) is 23.6 Å². The zero-order valence-electron chi connectivity index (χ0n) is 15.5. The Kier molecular flexibility index (Phi) is 7.29. The molecule has 0 aliphatic heterocycles. The van der Waals surface area contributed by atoms with Crippen LogP contribution >= 0.6 is 0 Å². The van der Waals surface area contributed by atoms with E-state index in [9.17, 15) is 32.9 Å². The number of anilines is 1. The SMILES string of the molecule is CCCN(CC(=O)Nc1ccc(F)c(F)c1F)C(=O)Cc1ccccc1[N+](=O)[O-]. The van der Waals surface area contributed by atoms with Gasteiger partial charge >= 0.3 is 0 Å². The molecule has 0 saturated heterocycles. The van der Waals surface area contributed by atoms with Crippen LogP contribution in [0.4, 0.5) is 24.5 Å². The van der Waals surface area contributed by atoms with Crippen LogP contribution < -0.4 is 5.32 Å². The van der Waals surface area contributed by atoms with Crippen molar-refractivity contribution in [2.24, 2.45) is 0 Å². The number of carbonyl (C=O) groups is 2. The molecule has 0 fully saturated rings. The summed E-state index contributed by atoms with van der Waals surface area (Å²) in [7, 11) is 0. The molecule has 0 unspecified atom stereocenters. The molecule has 2 amide bonds. The van der Waals surface area contributed by atoms with Crippen molar-refractivity contribution < 1.29 is 27.7 Å². The Morgan fingerprint density at radius 3 is 2.45 bits per heavy atom. The lowest BCUT2D eigenvalue weighted by atomic mass is 10.1. The minimum absolute atomic E-state index is 0.174. The normalized spacial score (nSPS) is 10.5. The van der Waals surface area contributed by atoms with Crippen molar-refractivity contribution in [2.45, 2.75) is 19.8 Å². The molecule has 0 radical (unpaired) electrons. The van der Waals surface area contributed by atoms with Crippen molar-refractivity contribution in [3.8, 4) is 0 Å². The lowest BCUT2D eigenvalue weighted by Crippen LogP contribution is -2.39. The third kappa shape index (κ3) is 5.53. The van der Waals surface area contributed by atoms with Gasteiger partial charge in [-0.2, -0.15) is 0 Å². The number of nitrogens with zero attached hydrogens (tertiary/aromatic N) is 2. The Bertz CT molecular complexity index is 937. The molecule has 10 heteroatoms. The third-order valence-corrected chi connectivity index (χ3v) is 4.02. The highest BCUT2D eigenvalue weighted by atomic mass is 19.2. The summed E-state index contributed by atoms with van der Waals surface area (Å²) in [6, 6.07) is 7.27. The van der Waals surface area contributed by atoms with Crippen LogP contribution in [0.25, 0.3) is 0 Å². The highest BCUT2D eigenvalue weighted by Crippen LogP contribution is 2.20. The molecule has 0 aromatic heterocycles. The van der Waals surface area contributed by atoms with E-state index in [4.69, 9.17) is 0 Å². The highest BCUT2D eigenvalue weighted by Gasteiger charge is 2.22. The molecule has 0 spiro atoms. The second-order valence-corrected chi connectivity index (χ2v) is 6.15. The zero-order chi connectivity index (χ0) is 21.6. The Morgan fingerprint density at radius 1 is 1.10 bits per heavy atom. The van der Waals surface area contributed by atoms with Gasteiger partial charge in [-0.1, -0.05) is 25.1 Å². The number of nitro benzene ring substituents is 1. The van der Waals surface area contributed by atoms with Crippen LogP contribution in [0, 0.1) is 27.6 Å². The van der Waals surface area contributed by atoms with Gasteiger partial charge in [0.25, 0.3) is 5.69 Å². The van der Waals surface area contributed by atoms with E-state index in [1.165, 1.54) is 18.2 Å². The van der Waals surface area contributed by atoms with Crippen molar-refractivity contribution >= 4 is 23.2 Å². The largest absolute Gasteiger partial charge is 0.333 e. The van der Waals surface area contributed by atoms with Crippen LogP contribution in [-0.4, -0.2) is 34.7 Å². The van der Waals surface area contributed by atoms with Gasteiger partial charge in [0, 0.05) is 18.2 Å². The summed E-state index contributed by atoms with van der Waals surface area (Å²) in [4.78, 5) is 36.4. The number of halogens is 3. The molecular weight excluding hydrogens is 391 g/mol. The first-order valence-electron chi connectivity index (χ1n) is 8.68. The molecule has 0 atom stereocenters. The van der Waals surface area contributed by atoms with E-state index < -0.39 is 46.4 Å². The number of carbonyl (C=O) groups excluding carboxylic acids is 2. The van der Waals surface area contributed by atoms with E-state index in [-0.39, 0.29) is 24.2 Å². The Hall–Kier alpha value is -3.43. The minimum atomic E-state index is -1.72. The summed E-state index contributed by atoms with van der Waals surface area (Å²) in [5.74, 6) is -6.03.